The van der Waals surface area contributed by atoms with E-state index in [1.54, 1.807) is 7.11 Å². The van der Waals surface area contributed by atoms with Crippen LogP contribution in [0.3, 0.4) is 0 Å². The van der Waals surface area contributed by atoms with Crippen LogP contribution in [0.15, 0.2) is 11.6 Å². The third-order valence-corrected chi connectivity index (χ3v) is 7.52. The average molecular weight is 350 g/mol. The van der Waals surface area contributed by atoms with Gasteiger partial charge in [0, 0.05) is 12.5 Å². The number of fused-ring (bicyclic) bond motifs is 2. The highest BCUT2D eigenvalue weighted by Gasteiger charge is 2.65. The third-order valence-electron chi connectivity index (χ3n) is 7.52. The van der Waals surface area contributed by atoms with Gasteiger partial charge >= 0.3 is 5.97 Å². The zero-order valence-electron chi connectivity index (χ0n) is 16.5. The number of methoxy groups -OCH3 is 1. The van der Waals surface area contributed by atoms with E-state index in [1.165, 1.54) is 18.4 Å². The molecule has 3 aliphatic rings. The van der Waals surface area contributed by atoms with Crippen molar-refractivity contribution < 1.29 is 19.4 Å². The molecule has 0 aromatic heterocycles. The average Bonchev–Trinajstić information content (AvgIpc) is 2.82. The van der Waals surface area contributed by atoms with Crippen LogP contribution in [0.25, 0.3) is 0 Å². The van der Waals surface area contributed by atoms with E-state index >= 15 is 0 Å². The number of hydrogen-bond acceptors (Lipinski definition) is 3. The molecule has 4 nitrogen and oxygen atoms in total. The van der Waals surface area contributed by atoms with Crippen LogP contribution >= 0.6 is 0 Å². The van der Waals surface area contributed by atoms with Crippen molar-refractivity contribution in [3.8, 4) is 0 Å². The van der Waals surface area contributed by atoms with Gasteiger partial charge in [0.25, 0.3) is 0 Å². The maximum Gasteiger partial charge on any atom is 0.306 e. The first-order valence-electron chi connectivity index (χ1n) is 9.69. The summed E-state index contributed by atoms with van der Waals surface area (Å²) in [4.78, 5) is 11.4. The van der Waals surface area contributed by atoms with Crippen molar-refractivity contribution in [3.63, 3.8) is 0 Å². The Morgan fingerprint density at radius 3 is 2.60 bits per heavy atom. The third kappa shape index (κ3) is 2.86. The fourth-order valence-corrected chi connectivity index (χ4v) is 6.34. The number of carbonyl (C=O) groups is 1. The van der Waals surface area contributed by atoms with Crippen LogP contribution in [0.2, 0.25) is 0 Å². The Morgan fingerprint density at radius 1 is 1.24 bits per heavy atom. The molecule has 1 spiro atoms. The van der Waals surface area contributed by atoms with Crippen molar-refractivity contribution in [2.75, 3.05) is 13.7 Å². The van der Waals surface area contributed by atoms with Gasteiger partial charge in [0.05, 0.1) is 24.2 Å². The van der Waals surface area contributed by atoms with E-state index in [9.17, 15) is 9.90 Å². The Kier molecular flexibility index (Phi) is 4.61. The zero-order valence-corrected chi connectivity index (χ0v) is 16.5. The number of carboxylic acid groups (broad SMARTS) is 1. The number of allylic oxidation sites excluding steroid dienone is 1. The van der Waals surface area contributed by atoms with Crippen molar-refractivity contribution >= 4 is 5.97 Å². The summed E-state index contributed by atoms with van der Waals surface area (Å²) in [6.07, 6.45) is 8.78. The van der Waals surface area contributed by atoms with Gasteiger partial charge in [0.2, 0.25) is 0 Å². The lowest BCUT2D eigenvalue weighted by atomic mass is 9.46. The summed E-state index contributed by atoms with van der Waals surface area (Å²) in [5, 5.41) is 9.36. The van der Waals surface area contributed by atoms with Crippen LogP contribution in [0.5, 0.6) is 0 Å². The van der Waals surface area contributed by atoms with Gasteiger partial charge in [-0.15, -0.1) is 0 Å². The second-order valence-corrected chi connectivity index (χ2v) is 9.66. The Labute approximate surface area is 152 Å². The predicted octanol–water partition coefficient (Wildman–Crippen LogP) is 4.58. The van der Waals surface area contributed by atoms with E-state index in [2.05, 4.69) is 26.8 Å². The quantitative estimate of drug-likeness (QED) is 0.754. The smallest absolute Gasteiger partial charge is 0.306 e. The minimum Gasteiger partial charge on any atom is -0.481 e. The number of rotatable bonds is 4. The number of carboxylic acids is 1. The number of hydrogen-bond donors (Lipinski definition) is 1. The van der Waals surface area contributed by atoms with Gasteiger partial charge < -0.3 is 14.6 Å². The number of ether oxygens (including phenoxy) is 2. The first kappa shape index (κ1) is 18.9. The second kappa shape index (κ2) is 6.09. The molecule has 0 aromatic rings. The summed E-state index contributed by atoms with van der Waals surface area (Å²) in [5.74, 6) is -0.222. The minimum atomic E-state index is -0.779. The van der Waals surface area contributed by atoms with Crippen LogP contribution in [0.4, 0.5) is 0 Å². The molecule has 2 fully saturated rings. The second-order valence-electron chi connectivity index (χ2n) is 9.66. The maximum atomic E-state index is 11.4. The van der Waals surface area contributed by atoms with Crippen molar-refractivity contribution in [1.82, 2.24) is 0 Å². The van der Waals surface area contributed by atoms with E-state index in [0.717, 1.165) is 25.7 Å². The Bertz CT molecular complexity index is 580. The van der Waals surface area contributed by atoms with Gasteiger partial charge in [-0.25, -0.2) is 0 Å². The summed E-state index contributed by atoms with van der Waals surface area (Å²) in [6.45, 7) is 9.73. The molecular weight excluding hydrogens is 316 g/mol. The van der Waals surface area contributed by atoms with Crippen molar-refractivity contribution in [2.45, 2.75) is 83.8 Å². The largest absolute Gasteiger partial charge is 0.481 e. The predicted molar refractivity (Wildman–Crippen MR) is 97.5 cm³/mol. The first-order chi connectivity index (χ1) is 11.6. The van der Waals surface area contributed by atoms with E-state index in [0.29, 0.717) is 12.5 Å². The standard InChI is InChI=1S/C21H34O4/c1-18(2)9-6-10-20(4)16(18)8-7-15(14-24-5)21(20)12-11-19(3,25-21)13-17(22)23/h7,16H,6,8-14H2,1-5H3,(H,22,23). The van der Waals surface area contributed by atoms with E-state index in [4.69, 9.17) is 9.47 Å². The van der Waals surface area contributed by atoms with Crippen LogP contribution in [-0.4, -0.2) is 36.0 Å². The highest BCUT2D eigenvalue weighted by atomic mass is 16.5. The molecule has 4 atom stereocenters. The van der Waals surface area contributed by atoms with Gasteiger partial charge in [-0.1, -0.05) is 33.3 Å². The van der Waals surface area contributed by atoms with Crippen molar-refractivity contribution in [2.24, 2.45) is 16.7 Å². The molecule has 4 unspecified atom stereocenters. The highest BCUT2D eigenvalue weighted by Crippen LogP contribution is 2.66. The van der Waals surface area contributed by atoms with E-state index in [-0.39, 0.29) is 22.9 Å². The molecule has 0 bridgehead atoms. The molecule has 142 valence electrons. The number of aliphatic carboxylic acids is 1. The van der Waals surface area contributed by atoms with Crippen molar-refractivity contribution in [3.05, 3.63) is 11.6 Å². The minimum absolute atomic E-state index is 0.0353. The molecule has 25 heavy (non-hydrogen) atoms. The molecule has 2 aliphatic carbocycles. The molecule has 1 saturated heterocycles. The lowest BCUT2D eigenvalue weighted by Gasteiger charge is -2.61. The summed E-state index contributed by atoms with van der Waals surface area (Å²) in [5.41, 5.74) is 0.581. The summed E-state index contributed by atoms with van der Waals surface area (Å²) in [7, 11) is 1.74. The van der Waals surface area contributed by atoms with Crippen LogP contribution in [0, 0.1) is 16.7 Å². The normalized spacial score (nSPS) is 42.9. The molecule has 1 saturated carbocycles. The summed E-state index contributed by atoms with van der Waals surface area (Å²) >= 11 is 0. The van der Waals surface area contributed by atoms with Gasteiger partial charge in [0.1, 0.15) is 0 Å². The topological polar surface area (TPSA) is 55.8 Å². The van der Waals surface area contributed by atoms with Gasteiger partial charge in [0.15, 0.2) is 0 Å². The Morgan fingerprint density at radius 2 is 1.96 bits per heavy atom. The fourth-order valence-electron chi connectivity index (χ4n) is 6.34. The molecule has 3 rings (SSSR count). The molecule has 1 N–H and O–H groups in total. The highest BCUT2D eigenvalue weighted by molar-refractivity contribution is 5.68. The molecule has 1 heterocycles. The van der Waals surface area contributed by atoms with Gasteiger partial charge in [-0.3, -0.25) is 4.79 Å². The van der Waals surface area contributed by atoms with Crippen LogP contribution in [-0.2, 0) is 14.3 Å². The van der Waals surface area contributed by atoms with E-state index in [1.807, 2.05) is 6.92 Å². The summed E-state index contributed by atoms with van der Waals surface area (Å²) < 4.78 is 12.3. The molecule has 4 heteroatoms. The SMILES string of the molecule is COCC1=CCC2C(C)(C)CCCC2(C)C12CCC(C)(CC(=O)O)O2. The lowest BCUT2D eigenvalue weighted by Crippen LogP contribution is -2.60. The first-order valence-corrected chi connectivity index (χ1v) is 9.69. The maximum absolute atomic E-state index is 11.4. The molecule has 0 aromatic carbocycles. The zero-order chi connectivity index (χ0) is 18.5. The molecule has 0 amide bonds. The van der Waals surface area contributed by atoms with Crippen LogP contribution in [0.1, 0.15) is 72.6 Å². The monoisotopic (exact) mass is 350 g/mol. The van der Waals surface area contributed by atoms with E-state index < -0.39 is 11.6 Å². The van der Waals surface area contributed by atoms with Crippen LogP contribution < -0.4 is 0 Å². The molecule has 0 radical (unpaired) electrons. The Balaban J connectivity index is 2.05. The summed E-state index contributed by atoms with van der Waals surface area (Å²) in [6, 6.07) is 0. The fraction of sp³-hybridized carbons (Fsp3) is 0.857. The molecular formula is C21H34O4. The van der Waals surface area contributed by atoms with Gasteiger partial charge in [-0.2, -0.15) is 0 Å². The molecule has 1 aliphatic heterocycles. The lowest BCUT2D eigenvalue weighted by molar-refractivity contribution is -0.195. The van der Waals surface area contributed by atoms with Gasteiger partial charge in [-0.05, 0) is 55.9 Å². The Hall–Kier alpha value is -0.870. The van der Waals surface area contributed by atoms with Crippen molar-refractivity contribution in [1.29, 1.82) is 0 Å².